The van der Waals surface area contributed by atoms with E-state index in [1.54, 1.807) is 6.07 Å². The Balaban J connectivity index is 0.924. The van der Waals surface area contributed by atoms with Gasteiger partial charge in [-0.15, -0.1) is 0 Å². The van der Waals surface area contributed by atoms with Crippen LogP contribution in [0, 0.1) is 17.7 Å². The molecule has 36 heavy (non-hydrogen) atoms. The molecule has 1 saturated carbocycles. The first-order valence-corrected chi connectivity index (χ1v) is 13.3. The van der Waals surface area contributed by atoms with Gasteiger partial charge >= 0.3 is 0 Å². The maximum absolute atomic E-state index is 13.4. The third-order valence-electron chi connectivity index (χ3n) is 8.42. The SMILES string of the molecule is O=C(CC1CCC(CCN2CCC(c3noc4cc(F)ccc34)CC2)CC1)c1ccc2c(c1)OCO2. The van der Waals surface area contributed by atoms with Gasteiger partial charge in [-0.1, -0.05) is 18.0 Å². The average molecular weight is 493 g/mol. The van der Waals surface area contributed by atoms with E-state index in [4.69, 9.17) is 14.0 Å². The van der Waals surface area contributed by atoms with Crippen LogP contribution >= 0.6 is 0 Å². The molecule has 3 aromatic rings. The molecule has 7 heteroatoms. The minimum atomic E-state index is -0.287. The van der Waals surface area contributed by atoms with Gasteiger partial charge < -0.3 is 18.9 Å². The van der Waals surface area contributed by atoms with E-state index in [2.05, 4.69) is 10.1 Å². The van der Waals surface area contributed by atoms with Crippen molar-refractivity contribution in [1.29, 1.82) is 0 Å². The Hall–Kier alpha value is -2.93. The Kier molecular flexibility index (Phi) is 6.65. The van der Waals surface area contributed by atoms with E-state index in [1.165, 1.54) is 31.4 Å². The zero-order valence-electron chi connectivity index (χ0n) is 20.6. The molecule has 0 N–H and O–H groups in total. The Morgan fingerprint density at radius 1 is 0.944 bits per heavy atom. The molecule has 0 atom stereocenters. The van der Waals surface area contributed by atoms with Crippen LogP contribution in [0.1, 0.15) is 73.3 Å². The van der Waals surface area contributed by atoms with Gasteiger partial charge in [0.25, 0.3) is 0 Å². The molecule has 0 bridgehead atoms. The fraction of sp³-hybridized carbons (Fsp3) is 0.517. The molecule has 1 aromatic heterocycles. The number of nitrogens with zero attached hydrogens (tertiary/aromatic N) is 2. The highest BCUT2D eigenvalue weighted by Crippen LogP contribution is 2.37. The van der Waals surface area contributed by atoms with Crippen LogP contribution in [-0.4, -0.2) is 42.3 Å². The molecule has 6 nitrogen and oxygen atoms in total. The predicted molar refractivity (Wildman–Crippen MR) is 134 cm³/mol. The van der Waals surface area contributed by atoms with Gasteiger partial charge in [0.1, 0.15) is 5.82 Å². The number of ether oxygens (including phenoxy) is 2. The topological polar surface area (TPSA) is 64.8 Å². The standard InChI is InChI=1S/C29H33FN2O4/c30-23-6-7-24-27(17-23)36-31-29(24)21-10-13-32(14-11-21)12-9-19-1-3-20(4-2-19)15-25(33)22-5-8-26-28(16-22)35-18-34-26/h5-8,16-17,19-21H,1-4,9-15,18H2. The van der Waals surface area contributed by atoms with Gasteiger partial charge in [0.2, 0.25) is 6.79 Å². The fourth-order valence-electron chi connectivity index (χ4n) is 6.19. The molecule has 2 aromatic carbocycles. The summed E-state index contributed by atoms with van der Waals surface area (Å²) in [5.41, 5.74) is 2.26. The number of piperidine rings is 1. The number of benzene rings is 2. The number of rotatable bonds is 7. The summed E-state index contributed by atoms with van der Waals surface area (Å²) < 4.78 is 29.6. The van der Waals surface area contributed by atoms with Crippen molar-refractivity contribution in [3.05, 3.63) is 53.5 Å². The lowest BCUT2D eigenvalue weighted by atomic mass is 9.78. The number of ketones is 1. The van der Waals surface area contributed by atoms with Crippen LogP contribution in [-0.2, 0) is 0 Å². The second-order valence-electron chi connectivity index (χ2n) is 10.7. The van der Waals surface area contributed by atoms with E-state index in [9.17, 15) is 9.18 Å². The van der Waals surface area contributed by atoms with E-state index in [0.29, 0.717) is 29.6 Å². The van der Waals surface area contributed by atoms with Crippen molar-refractivity contribution in [3.63, 3.8) is 0 Å². The minimum Gasteiger partial charge on any atom is -0.454 e. The van der Waals surface area contributed by atoms with Crippen molar-refractivity contribution in [2.75, 3.05) is 26.4 Å². The third-order valence-corrected chi connectivity index (χ3v) is 8.42. The lowest BCUT2D eigenvalue weighted by Gasteiger charge is -2.34. The number of hydrogen-bond donors (Lipinski definition) is 0. The maximum Gasteiger partial charge on any atom is 0.231 e. The quantitative estimate of drug-likeness (QED) is 0.359. The summed E-state index contributed by atoms with van der Waals surface area (Å²) in [6, 6.07) is 10.2. The zero-order chi connectivity index (χ0) is 24.5. The van der Waals surface area contributed by atoms with E-state index in [0.717, 1.165) is 73.6 Å². The number of carbonyl (C=O) groups excluding carboxylic acids is 1. The number of hydrogen-bond acceptors (Lipinski definition) is 6. The summed E-state index contributed by atoms with van der Waals surface area (Å²) in [5, 5.41) is 5.22. The summed E-state index contributed by atoms with van der Waals surface area (Å²) in [4.78, 5) is 15.4. The highest BCUT2D eigenvalue weighted by molar-refractivity contribution is 5.96. The highest BCUT2D eigenvalue weighted by atomic mass is 19.1. The molecule has 6 rings (SSSR count). The molecular weight excluding hydrogens is 459 g/mol. The van der Waals surface area contributed by atoms with Crippen LogP contribution in [0.4, 0.5) is 4.39 Å². The molecule has 0 amide bonds. The monoisotopic (exact) mass is 492 g/mol. The molecule has 1 aliphatic carbocycles. The summed E-state index contributed by atoms with van der Waals surface area (Å²) in [7, 11) is 0. The van der Waals surface area contributed by atoms with Gasteiger partial charge in [-0.2, -0.15) is 0 Å². The fourth-order valence-corrected chi connectivity index (χ4v) is 6.19. The van der Waals surface area contributed by atoms with Crippen molar-refractivity contribution < 1.29 is 23.2 Å². The van der Waals surface area contributed by atoms with Crippen molar-refractivity contribution in [2.45, 2.75) is 57.3 Å². The molecule has 2 fully saturated rings. The second-order valence-corrected chi connectivity index (χ2v) is 10.7. The molecule has 0 spiro atoms. The van der Waals surface area contributed by atoms with Crippen LogP contribution in [0.15, 0.2) is 40.9 Å². The molecule has 0 radical (unpaired) electrons. The number of likely N-dealkylation sites (tertiary alicyclic amines) is 1. The Labute approximate surface area is 210 Å². The van der Waals surface area contributed by atoms with Crippen molar-refractivity contribution >= 4 is 16.8 Å². The normalized spacial score (nSPS) is 22.8. The van der Waals surface area contributed by atoms with Crippen molar-refractivity contribution in [2.24, 2.45) is 11.8 Å². The van der Waals surface area contributed by atoms with E-state index >= 15 is 0 Å². The van der Waals surface area contributed by atoms with E-state index in [1.807, 2.05) is 18.2 Å². The van der Waals surface area contributed by atoms with Crippen LogP contribution in [0.5, 0.6) is 11.5 Å². The second kappa shape index (κ2) is 10.2. The molecule has 2 aliphatic heterocycles. The molecule has 1 saturated heterocycles. The molecular formula is C29H33FN2O4. The minimum absolute atomic E-state index is 0.213. The number of halogens is 1. The Morgan fingerprint density at radius 2 is 1.72 bits per heavy atom. The van der Waals surface area contributed by atoms with Gasteiger partial charge in [0.05, 0.1) is 5.69 Å². The van der Waals surface area contributed by atoms with E-state index in [-0.39, 0.29) is 18.4 Å². The highest BCUT2D eigenvalue weighted by Gasteiger charge is 2.27. The third kappa shape index (κ3) is 4.99. The summed E-state index contributed by atoms with van der Waals surface area (Å²) in [6.07, 6.45) is 8.71. The van der Waals surface area contributed by atoms with Gasteiger partial charge in [-0.05, 0) is 93.9 Å². The Bertz CT molecular complexity index is 1230. The first kappa shape index (κ1) is 23.5. The van der Waals surface area contributed by atoms with Crippen molar-refractivity contribution in [3.8, 4) is 11.5 Å². The largest absolute Gasteiger partial charge is 0.454 e. The molecule has 3 aliphatic rings. The molecule has 190 valence electrons. The Morgan fingerprint density at radius 3 is 2.56 bits per heavy atom. The van der Waals surface area contributed by atoms with Crippen molar-refractivity contribution in [1.82, 2.24) is 10.1 Å². The number of carbonyl (C=O) groups is 1. The average Bonchev–Trinajstić information content (AvgIpc) is 3.55. The van der Waals surface area contributed by atoms with E-state index < -0.39 is 0 Å². The van der Waals surface area contributed by atoms with Gasteiger partial charge in [0.15, 0.2) is 22.9 Å². The lowest BCUT2D eigenvalue weighted by molar-refractivity contribution is 0.0938. The van der Waals surface area contributed by atoms with Gasteiger partial charge in [0, 0.05) is 29.4 Å². The number of Topliss-reactive ketones (excluding diaryl/α,β-unsaturated/α-hetero) is 1. The first-order valence-electron chi connectivity index (χ1n) is 13.3. The smallest absolute Gasteiger partial charge is 0.231 e. The summed E-state index contributed by atoms with van der Waals surface area (Å²) in [6.45, 7) is 3.51. The van der Waals surface area contributed by atoms with Gasteiger partial charge in [-0.25, -0.2) is 4.39 Å². The molecule has 0 unspecified atom stereocenters. The van der Waals surface area contributed by atoms with Crippen LogP contribution in [0.2, 0.25) is 0 Å². The summed E-state index contributed by atoms with van der Waals surface area (Å²) >= 11 is 0. The lowest BCUT2D eigenvalue weighted by Crippen LogP contribution is -2.35. The van der Waals surface area contributed by atoms with Crippen LogP contribution in [0.25, 0.3) is 11.0 Å². The van der Waals surface area contributed by atoms with Crippen LogP contribution < -0.4 is 9.47 Å². The number of fused-ring (bicyclic) bond motifs is 2. The number of aromatic nitrogens is 1. The maximum atomic E-state index is 13.4. The first-order chi connectivity index (χ1) is 17.6. The summed E-state index contributed by atoms with van der Waals surface area (Å²) in [5.74, 6) is 2.95. The molecule has 3 heterocycles. The van der Waals surface area contributed by atoms with Crippen LogP contribution in [0.3, 0.4) is 0 Å². The zero-order valence-corrected chi connectivity index (χ0v) is 20.6. The predicted octanol–water partition coefficient (Wildman–Crippen LogP) is 6.34. The van der Waals surface area contributed by atoms with Gasteiger partial charge in [-0.3, -0.25) is 4.79 Å².